The first kappa shape index (κ1) is 18.9. The molecule has 7 heteroatoms. The van der Waals surface area contributed by atoms with Gasteiger partial charge in [0, 0.05) is 11.1 Å². The van der Waals surface area contributed by atoms with E-state index in [1.165, 1.54) is 20.4 Å². The summed E-state index contributed by atoms with van der Waals surface area (Å²) < 4.78 is 15.4. The lowest BCUT2D eigenvalue weighted by molar-refractivity contribution is 0.0600. The number of hydrazone groups is 1. The molecule has 2 aromatic carbocycles. The Labute approximate surface area is 161 Å². The molecule has 1 amide bonds. The number of carbonyl (C=O) groups excluding carboxylic acids is 2. The Morgan fingerprint density at radius 3 is 2.50 bits per heavy atom. The number of hydrogen-bond donors (Lipinski definition) is 1. The molecule has 0 fully saturated rings. The highest BCUT2D eigenvalue weighted by Gasteiger charge is 2.08. The van der Waals surface area contributed by atoms with Crippen LogP contribution < -0.4 is 10.2 Å². The van der Waals surface area contributed by atoms with Gasteiger partial charge in [0.2, 0.25) is 0 Å². The molecule has 142 valence electrons. The molecule has 0 saturated carbocycles. The van der Waals surface area contributed by atoms with Gasteiger partial charge in [-0.05, 0) is 42.5 Å². The summed E-state index contributed by atoms with van der Waals surface area (Å²) in [4.78, 5) is 23.6. The average Bonchev–Trinajstić information content (AvgIpc) is 3.22. The van der Waals surface area contributed by atoms with Crippen molar-refractivity contribution in [3.63, 3.8) is 0 Å². The van der Waals surface area contributed by atoms with Crippen molar-refractivity contribution < 1.29 is 23.5 Å². The van der Waals surface area contributed by atoms with Crippen molar-refractivity contribution in [2.45, 2.75) is 0 Å². The van der Waals surface area contributed by atoms with Crippen molar-refractivity contribution in [1.82, 2.24) is 5.43 Å². The SMILES string of the molecule is COC(=O)c1ccc(-c2ccc(/C=N/NC(=O)c3cccc(OC)c3)o2)cc1. The molecule has 0 aliphatic carbocycles. The van der Waals surface area contributed by atoms with E-state index in [-0.39, 0.29) is 5.91 Å². The van der Waals surface area contributed by atoms with Crippen LogP contribution in [0.5, 0.6) is 5.75 Å². The fraction of sp³-hybridized carbons (Fsp3) is 0.0952. The minimum atomic E-state index is -0.398. The zero-order valence-corrected chi connectivity index (χ0v) is 15.3. The van der Waals surface area contributed by atoms with Crippen LogP contribution in [0.4, 0.5) is 0 Å². The second-order valence-corrected chi connectivity index (χ2v) is 5.70. The minimum Gasteiger partial charge on any atom is -0.497 e. The van der Waals surface area contributed by atoms with Gasteiger partial charge in [-0.3, -0.25) is 4.79 Å². The van der Waals surface area contributed by atoms with Gasteiger partial charge >= 0.3 is 5.97 Å². The Kier molecular flexibility index (Phi) is 5.86. The van der Waals surface area contributed by atoms with Crippen molar-refractivity contribution in [2.24, 2.45) is 5.10 Å². The van der Waals surface area contributed by atoms with E-state index in [4.69, 9.17) is 9.15 Å². The lowest BCUT2D eigenvalue weighted by Crippen LogP contribution is -2.17. The van der Waals surface area contributed by atoms with Crippen LogP contribution in [0, 0.1) is 0 Å². The largest absolute Gasteiger partial charge is 0.497 e. The van der Waals surface area contributed by atoms with E-state index in [1.54, 1.807) is 60.7 Å². The number of esters is 1. The molecule has 0 radical (unpaired) electrons. The zero-order valence-electron chi connectivity index (χ0n) is 15.3. The highest BCUT2D eigenvalue weighted by Crippen LogP contribution is 2.22. The van der Waals surface area contributed by atoms with Crippen LogP contribution in [0.3, 0.4) is 0 Å². The van der Waals surface area contributed by atoms with Crippen LogP contribution in [-0.2, 0) is 4.74 Å². The van der Waals surface area contributed by atoms with Gasteiger partial charge in [0.1, 0.15) is 17.3 Å². The lowest BCUT2D eigenvalue weighted by atomic mass is 10.1. The number of amides is 1. The highest BCUT2D eigenvalue weighted by atomic mass is 16.5. The first-order valence-corrected chi connectivity index (χ1v) is 8.37. The van der Waals surface area contributed by atoms with Crippen molar-refractivity contribution in [1.29, 1.82) is 0 Å². The predicted molar refractivity (Wildman–Crippen MR) is 104 cm³/mol. The monoisotopic (exact) mass is 378 g/mol. The van der Waals surface area contributed by atoms with Gasteiger partial charge in [-0.15, -0.1) is 0 Å². The predicted octanol–water partition coefficient (Wildman–Crippen LogP) is 3.51. The van der Waals surface area contributed by atoms with E-state index < -0.39 is 5.97 Å². The molecule has 3 aromatic rings. The van der Waals surface area contributed by atoms with Crippen LogP contribution in [0.1, 0.15) is 26.5 Å². The van der Waals surface area contributed by atoms with Gasteiger partial charge in [0.05, 0.1) is 26.0 Å². The summed E-state index contributed by atoms with van der Waals surface area (Å²) in [5, 5.41) is 3.91. The van der Waals surface area contributed by atoms with Crippen LogP contribution in [0.25, 0.3) is 11.3 Å². The maximum Gasteiger partial charge on any atom is 0.337 e. The number of carbonyl (C=O) groups is 2. The zero-order chi connectivity index (χ0) is 19.9. The number of nitrogens with zero attached hydrogens (tertiary/aromatic N) is 1. The van der Waals surface area contributed by atoms with Crippen molar-refractivity contribution >= 4 is 18.1 Å². The summed E-state index contributed by atoms with van der Waals surface area (Å²) in [6.07, 6.45) is 1.41. The summed E-state index contributed by atoms with van der Waals surface area (Å²) in [6, 6.07) is 17.1. The van der Waals surface area contributed by atoms with E-state index in [1.807, 2.05) is 0 Å². The quantitative estimate of drug-likeness (QED) is 0.403. The molecule has 0 spiro atoms. The fourth-order valence-electron chi connectivity index (χ4n) is 2.45. The normalized spacial score (nSPS) is 10.6. The highest BCUT2D eigenvalue weighted by molar-refractivity contribution is 5.95. The fourth-order valence-corrected chi connectivity index (χ4v) is 2.45. The molecule has 1 heterocycles. The number of hydrogen-bond acceptors (Lipinski definition) is 6. The van der Waals surface area contributed by atoms with Gasteiger partial charge in [0.25, 0.3) is 5.91 Å². The van der Waals surface area contributed by atoms with E-state index in [9.17, 15) is 9.59 Å². The average molecular weight is 378 g/mol. The first-order chi connectivity index (χ1) is 13.6. The molecule has 0 atom stereocenters. The molecular weight excluding hydrogens is 360 g/mol. The molecule has 0 unspecified atom stereocenters. The number of rotatable bonds is 6. The topological polar surface area (TPSA) is 90.1 Å². The maximum atomic E-state index is 12.1. The molecular formula is C21H18N2O5. The van der Waals surface area contributed by atoms with E-state index in [2.05, 4.69) is 15.3 Å². The standard InChI is InChI=1S/C21H18N2O5/c1-26-17-5-3-4-16(12-17)20(24)23-22-13-18-10-11-19(28-18)14-6-8-15(9-7-14)21(25)27-2/h3-13H,1-2H3,(H,23,24)/b22-13+. The summed E-state index contributed by atoms with van der Waals surface area (Å²) in [5.41, 5.74) is 4.13. The molecule has 0 bridgehead atoms. The third-order valence-corrected chi connectivity index (χ3v) is 3.91. The van der Waals surface area contributed by atoms with Gasteiger partial charge < -0.3 is 13.9 Å². The number of furan rings is 1. The third kappa shape index (κ3) is 4.45. The second-order valence-electron chi connectivity index (χ2n) is 5.70. The van der Waals surface area contributed by atoms with Crippen LogP contribution in [0.15, 0.2) is 70.2 Å². The van der Waals surface area contributed by atoms with Crippen LogP contribution in [0.2, 0.25) is 0 Å². The summed E-state index contributed by atoms with van der Waals surface area (Å²) in [5.74, 6) is 0.909. The molecule has 1 N–H and O–H groups in total. The molecule has 0 aliphatic heterocycles. The molecule has 0 saturated heterocycles. The Morgan fingerprint density at radius 2 is 1.79 bits per heavy atom. The molecule has 7 nitrogen and oxygen atoms in total. The number of nitrogens with one attached hydrogen (secondary N) is 1. The van der Waals surface area contributed by atoms with E-state index in [0.717, 1.165) is 5.56 Å². The lowest BCUT2D eigenvalue weighted by Gasteiger charge is -2.02. The van der Waals surface area contributed by atoms with Crippen molar-refractivity contribution in [3.8, 4) is 17.1 Å². The smallest absolute Gasteiger partial charge is 0.337 e. The van der Waals surface area contributed by atoms with Gasteiger partial charge in [-0.1, -0.05) is 18.2 Å². The summed E-state index contributed by atoms with van der Waals surface area (Å²) in [6.45, 7) is 0. The first-order valence-electron chi connectivity index (χ1n) is 8.37. The van der Waals surface area contributed by atoms with E-state index >= 15 is 0 Å². The maximum absolute atomic E-state index is 12.1. The van der Waals surface area contributed by atoms with Crippen molar-refractivity contribution in [3.05, 3.63) is 77.6 Å². The number of benzene rings is 2. The molecule has 28 heavy (non-hydrogen) atoms. The Bertz CT molecular complexity index is 1010. The van der Waals surface area contributed by atoms with Crippen LogP contribution in [-0.4, -0.2) is 32.3 Å². The molecule has 1 aromatic heterocycles. The van der Waals surface area contributed by atoms with Gasteiger partial charge in [0.15, 0.2) is 0 Å². The Balaban J connectivity index is 1.64. The molecule has 0 aliphatic rings. The molecule has 3 rings (SSSR count). The van der Waals surface area contributed by atoms with Gasteiger partial charge in [-0.2, -0.15) is 5.10 Å². The summed E-state index contributed by atoms with van der Waals surface area (Å²) in [7, 11) is 2.87. The number of ether oxygens (including phenoxy) is 2. The minimum absolute atomic E-state index is 0.361. The van der Waals surface area contributed by atoms with Gasteiger partial charge in [-0.25, -0.2) is 10.2 Å². The second kappa shape index (κ2) is 8.68. The third-order valence-electron chi connectivity index (χ3n) is 3.91. The Morgan fingerprint density at radius 1 is 1.00 bits per heavy atom. The Hall–Kier alpha value is -3.87. The van der Waals surface area contributed by atoms with Crippen molar-refractivity contribution in [2.75, 3.05) is 14.2 Å². The van der Waals surface area contributed by atoms with E-state index in [0.29, 0.717) is 28.4 Å². The van der Waals surface area contributed by atoms with Crippen LogP contribution >= 0.6 is 0 Å². The summed E-state index contributed by atoms with van der Waals surface area (Å²) >= 11 is 0. The number of methoxy groups -OCH3 is 2.